The summed E-state index contributed by atoms with van der Waals surface area (Å²) in [5.41, 5.74) is 2.40. The van der Waals surface area contributed by atoms with Crippen LogP contribution in [-0.2, 0) is 11.3 Å². The number of anilines is 1. The molecule has 6 nitrogen and oxygen atoms in total. The molecule has 138 valence electrons. The van der Waals surface area contributed by atoms with Crippen molar-refractivity contribution in [1.29, 1.82) is 0 Å². The second kappa shape index (κ2) is 10.8. The minimum atomic E-state index is -0.179. The summed E-state index contributed by atoms with van der Waals surface area (Å²) in [4.78, 5) is 21.7. The van der Waals surface area contributed by atoms with E-state index in [1.165, 1.54) is 0 Å². The van der Waals surface area contributed by atoms with Crippen molar-refractivity contribution in [2.45, 2.75) is 20.4 Å². The molecule has 0 aliphatic rings. The summed E-state index contributed by atoms with van der Waals surface area (Å²) < 4.78 is 0. The number of terminal acetylenes is 1. The molecule has 1 amide bonds. The molecule has 8 heteroatoms. The Kier molecular flexibility index (Phi) is 9.09. The Morgan fingerprint density at radius 2 is 2.12 bits per heavy atom. The molecule has 0 unspecified atom stereocenters. The third kappa shape index (κ3) is 6.65. The number of benzene rings is 1. The maximum Gasteiger partial charge on any atom is 0.243 e. The highest BCUT2D eigenvalue weighted by molar-refractivity contribution is 14.0. The molecule has 3 N–H and O–H groups in total. The highest BCUT2D eigenvalue weighted by Crippen LogP contribution is 2.16. The molecule has 0 saturated heterocycles. The summed E-state index contributed by atoms with van der Waals surface area (Å²) >= 11 is 1.64. The maximum atomic E-state index is 12.0. The molecular formula is C18H22IN5OS. The Bertz CT molecular complexity index is 825. The van der Waals surface area contributed by atoms with Crippen molar-refractivity contribution in [2.24, 2.45) is 4.99 Å². The number of hydrogen-bond acceptors (Lipinski definition) is 4. The summed E-state index contributed by atoms with van der Waals surface area (Å²) in [5.74, 6) is 2.91. The highest BCUT2D eigenvalue weighted by Gasteiger charge is 2.07. The molecule has 2 rings (SSSR count). The Balaban J connectivity index is 0.00000338. The smallest absolute Gasteiger partial charge is 0.243 e. The molecule has 1 aromatic heterocycles. The minimum absolute atomic E-state index is 0. The van der Waals surface area contributed by atoms with Gasteiger partial charge in [0.2, 0.25) is 5.91 Å². The minimum Gasteiger partial charge on any atom is -0.351 e. The molecule has 26 heavy (non-hydrogen) atoms. The fraction of sp³-hybridized carbons (Fsp3) is 0.278. The number of hydrogen-bond donors (Lipinski definition) is 3. The number of carbonyl (C=O) groups is 1. The van der Waals surface area contributed by atoms with Crippen LogP contribution in [0.2, 0.25) is 0 Å². The van der Waals surface area contributed by atoms with Crippen molar-refractivity contribution < 1.29 is 4.79 Å². The van der Waals surface area contributed by atoms with Crippen molar-refractivity contribution in [3.05, 3.63) is 45.4 Å². The zero-order valence-corrected chi connectivity index (χ0v) is 18.1. The predicted octanol–water partition coefficient (Wildman–Crippen LogP) is 2.66. The zero-order valence-electron chi connectivity index (χ0n) is 14.9. The van der Waals surface area contributed by atoms with Gasteiger partial charge in [0, 0.05) is 23.2 Å². The van der Waals surface area contributed by atoms with Crippen molar-refractivity contribution in [2.75, 3.05) is 18.9 Å². The normalized spacial score (nSPS) is 10.5. The fourth-order valence-corrected chi connectivity index (χ4v) is 3.05. The van der Waals surface area contributed by atoms with Gasteiger partial charge in [-0.25, -0.2) is 4.98 Å². The molecule has 0 aliphatic heterocycles. The first-order chi connectivity index (χ1) is 12.0. The molecule has 1 heterocycles. The van der Waals surface area contributed by atoms with Gasteiger partial charge in [0.15, 0.2) is 5.96 Å². The summed E-state index contributed by atoms with van der Waals surface area (Å²) in [6.07, 6.45) is 5.36. The third-order valence-electron chi connectivity index (χ3n) is 3.37. The van der Waals surface area contributed by atoms with Crippen molar-refractivity contribution in [3.63, 3.8) is 0 Å². The fourth-order valence-electron chi connectivity index (χ4n) is 2.18. The van der Waals surface area contributed by atoms with Gasteiger partial charge in [-0.1, -0.05) is 12.0 Å². The van der Waals surface area contributed by atoms with E-state index in [9.17, 15) is 4.79 Å². The van der Waals surface area contributed by atoms with Gasteiger partial charge in [-0.3, -0.25) is 9.79 Å². The Morgan fingerprint density at radius 3 is 2.73 bits per heavy atom. The van der Waals surface area contributed by atoms with Crippen LogP contribution in [0.3, 0.4) is 0 Å². The molecule has 0 fully saturated rings. The average molecular weight is 483 g/mol. The molecule has 0 bridgehead atoms. The highest BCUT2D eigenvalue weighted by atomic mass is 127. The van der Waals surface area contributed by atoms with E-state index in [-0.39, 0.29) is 36.4 Å². The Morgan fingerprint density at radius 1 is 1.35 bits per heavy atom. The second-order valence-electron chi connectivity index (χ2n) is 5.29. The molecule has 0 radical (unpaired) electrons. The Labute approximate surface area is 174 Å². The van der Waals surface area contributed by atoms with E-state index in [0.717, 1.165) is 21.1 Å². The van der Waals surface area contributed by atoms with Crippen LogP contribution in [0.1, 0.15) is 21.1 Å². The van der Waals surface area contributed by atoms with Crippen LogP contribution >= 0.6 is 35.3 Å². The number of rotatable bonds is 5. The quantitative estimate of drug-likeness (QED) is 0.265. The van der Waals surface area contributed by atoms with Crippen molar-refractivity contribution in [3.8, 4) is 12.3 Å². The number of aromatic nitrogens is 1. The third-order valence-corrected chi connectivity index (χ3v) is 4.44. The van der Waals surface area contributed by atoms with Gasteiger partial charge < -0.3 is 16.0 Å². The molecule has 0 aliphatic carbocycles. The van der Waals surface area contributed by atoms with E-state index in [2.05, 4.69) is 31.8 Å². The van der Waals surface area contributed by atoms with E-state index in [1.807, 2.05) is 19.9 Å². The van der Waals surface area contributed by atoms with Crippen LogP contribution in [0.4, 0.5) is 5.69 Å². The van der Waals surface area contributed by atoms with Crippen LogP contribution in [0.5, 0.6) is 0 Å². The number of amides is 1. The van der Waals surface area contributed by atoms with E-state index in [1.54, 1.807) is 36.6 Å². The standard InChI is InChI=1S/C18H21N5OS.HI/c1-5-14-7-6-8-15(9-14)23-17(24)11-21-18(19-4)20-10-16-12(2)22-13(3)25-16;/h1,6-9H,10-11H2,2-4H3,(H,23,24)(H2,19,20,21);1H. The Hall–Kier alpha value is -2.12. The molecular weight excluding hydrogens is 461 g/mol. The lowest BCUT2D eigenvalue weighted by molar-refractivity contribution is -0.115. The van der Waals surface area contributed by atoms with Crippen LogP contribution in [0.25, 0.3) is 0 Å². The number of aryl methyl sites for hydroxylation is 2. The van der Waals surface area contributed by atoms with E-state index < -0.39 is 0 Å². The van der Waals surface area contributed by atoms with Gasteiger partial charge in [-0.15, -0.1) is 41.7 Å². The van der Waals surface area contributed by atoms with Gasteiger partial charge in [0.25, 0.3) is 0 Å². The lowest BCUT2D eigenvalue weighted by atomic mass is 10.2. The molecule has 2 aromatic rings. The van der Waals surface area contributed by atoms with Gasteiger partial charge in [-0.05, 0) is 32.0 Å². The van der Waals surface area contributed by atoms with Gasteiger partial charge in [0.05, 0.1) is 23.8 Å². The van der Waals surface area contributed by atoms with Crippen LogP contribution in [-0.4, -0.2) is 30.4 Å². The predicted molar refractivity (Wildman–Crippen MR) is 118 cm³/mol. The summed E-state index contributed by atoms with van der Waals surface area (Å²) in [7, 11) is 1.66. The maximum absolute atomic E-state index is 12.0. The SMILES string of the molecule is C#Cc1cccc(NC(=O)CNC(=NC)NCc2sc(C)nc2C)c1.I. The van der Waals surface area contributed by atoms with Crippen LogP contribution < -0.4 is 16.0 Å². The largest absolute Gasteiger partial charge is 0.351 e. The molecule has 0 saturated carbocycles. The number of nitrogens with zero attached hydrogens (tertiary/aromatic N) is 2. The van der Waals surface area contributed by atoms with Gasteiger partial charge in [0.1, 0.15) is 0 Å². The lowest BCUT2D eigenvalue weighted by Crippen LogP contribution is -2.41. The first-order valence-corrected chi connectivity index (χ1v) is 8.57. The zero-order chi connectivity index (χ0) is 18.2. The molecule has 1 aromatic carbocycles. The summed E-state index contributed by atoms with van der Waals surface area (Å²) in [6, 6.07) is 7.15. The van der Waals surface area contributed by atoms with Crippen LogP contribution in [0.15, 0.2) is 29.3 Å². The molecule has 0 spiro atoms. The van der Waals surface area contributed by atoms with Crippen molar-refractivity contribution >= 4 is 52.9 Å². The number of thiazole rings is 1. The summed E-state index contributed by atoms with van der Waals surface area (Å²) in [6.45, 7) is 4.67. The van der Waals surface area contributed by atoms with Crippen LogP contribution in [0, 0.1) is 26.2 Å². The van der Waals surface area contributed by atoms with E-state index in [0.29, 0.717) is 18.2 Å². The van der Waals surface area contributed by atoms with Crippen molar-refractivity contribution in [1.82, 2.24) is 15.6 Å². The second-order valence-corrected chi connectivity index (χ2v) is 6.58. The number of halogens is 1. The van der Waals surface area contributed by atoms with E-state index >= 15 is 0 Å². The number of guanidine groups is 1. The van der Waals surface area contributed by atoms with Gasteiger partial charge >= 0.3 is 0 Å². The van der Waals surface area contributed by atoms with Gasteiger partial charge in [-0.2, -0.15) is 0 Å². The van der Waals surface area contributed by atoms with E-state index in [4.69, 9.17) is 6.42 Å². The average Bonchev–Trinajstić information content (AvgIpc) is 2.92. The monoisotopic (exact) mass is 483 g/mol. The number of carbonyl (C=O) groups excluding carboxylic acids is 1. The lowest BCUT2D eigenvalue weighted by Gasteiger charge is -2.11. The molecule has 0 atom stereocenters. The number of nitrogens with one attached hydrogen (secondary N) is 3. The summed E-state index contributed by atoms with van der Waals surface area (Å²) in [5, 5.41) is 9.99. The number of aliphatic imine (C=N–C) groups is 1. The topological polar surface area (TPSA) is 78.4 Å². The first-order valence-electron chi connectivity index (χ1n) is 7.75. The first kappa shape index (κ1) is 21.9.